The zero-order valence-corrected chi connectivity index (χ0v) is 17.6. The topological polar surface area (TPSA) is 61.4 Å². The second-order valence-corrected chi connectivity index (χ2v) is 9.13. The molecule has 4 rings (SSSR count). The fourth-order valence-corrected chi connectivity index (χ4v) is 5.19. The molecule has 2 aromatic heterocycles. The molecule has 1 amide bonds. The Morgan fingerprint density at radius 3 is 2.86 bits per heavy atom. The number of likely N-dealkylation sites (tertiary alicyclic amines) is 1. The normalized spacial score (nSPS) is 21.3. The van der Waals surface area contributed by atoms with E-state index < -0.39 is 5.82 Å². The largest absolute Gasteiger partial charge is 0.348 e. The summed E-state index contributed by atoms with van der Waals surface area (Å²) in [6, 6.07) is 2.24. The molecule has 0 bridgehead atoms. The SMILES string of the molecule is C[C@@H]1CCCN(C2CCN(c3ncc(C(=O)NCc4ccncc4F)s3)CC2)C1. The van der Waals surface area contributed by atoms with E-state index in [2.05, 4.69) is 32.0 Å². The summed E-state index contributed by atoms with van der Waals surface area (Å²) in [7, 11) is 0. The van der Waals surface area contributed by atoms with Gasteiger partial charge in [-0.3, -0.25) is 14.7 Å². The summed E-state index contributed by atoms with van der Waals surface area (Å²) in [4.78, 5) is 26.1. The van der Waals surface area contributed by atoms with E-state index >= 15 is 0 Å². The van der Waals surface area contributed by atoms with Crippen molar-refractivity contribution in [2.75, 3.05) is 31.1 Å². The van der Waals surface area contributed by atoms with Gasteiger partial charge in [-0.25, -0.2) is 9.37 Å². The lowest BCUT2D eigenvalue weighted by atomic mass is 9.95. The number of carbonyl (C=O) groups excluding carboxylic acids is 1. The van der Waals surface area contributed by atoms with E-state index in [1.54, 1.807) is 12.3 Å². The van der Waals surface area contributed by atoms with Crippen LogP contribution in [0.25, 0.3) is 0 Å². The number of halogens is 1. The molecule has 4 heterocycles. The third kappa shape index (κ3) is 4.93. The van der Waals surface area contributed by atoms with Gasteiger partial charge < -0.3 is 10.2 Å². The minimum atomic E-state index is -0.413. The maximum absolute atomic E-state index is 13.6. The average Bonchev–Trinajstić information content (AvgIpc) is 3.23. The van der Waals surface area contributed by atoms with Gasteiger partial charge in [0.15, 0.2) is 5.13 Å². The zero-order chi connectivity index (χ0) is 20.2. The number of piperidine rings is 2. The number of carbonyl (C=O) groups is 1. The van der Waals surface area contributed by atoms with Gasteiger partial charge in [-0.05, 0) is 44.2 Å². The van der Waals surface area contributed by atoms with Gasteiger partial charge in [0, 0.05) is 44.0 Å². The van der Waals surface area contributed by atoms with Crippen molar-refractivity contribution in [3.8, 4) is 0 Å². The number of amides is 1. The third-order valence-electron chi connectivity index (χ3n) is 5.95. The Balaban J connectivity index is 1.29. The van der Waals surface area contributed by atoms with Crippen LogP contribution in [0.3, 0.4) is 0 Å². The van der Waals surface area contributed by atoms with Crippen molar-refractivity contribution in [3.63, 3.8) is 0 Å². The molecule has 0 unspecified atom stereocenters. The summed E-state index contributed by atoms with van der Waals surface area (Å²) in [6.45, 7) is 6.91. The molecule has 29 heavy (non-hydrogen) atoms. The lowest BCUT2D eigenvalue weighted by Crippen LogP contribution is -2.48. The Morgan fingerprint density at radius 2 is 2.10 bits per heavy atom. The van der Waals surface area contributed by atoms with Gasteiger partial charge in [-0.1, -0.05) is 18.3 Å². The van der Waals surface area contributed by atoms with Gasteiger partial charge in [0.1, 0.15) is 10.7 Å². The molecule has 1 N–H and O–H groups in total. The van der Waals surface area contributed by atoms with Crippen LogP contribution in [-0.2, 0) is 6.54 Å². The van der Waals surface area contributed by atoms with Crippen LogP contribution < -0.4 is 10.2 Å². The highest BCUT2D eigenvalue weighted by Crippen LogP contribution is 2.28. The van der Waals surface area contributed by atoms with Gasteiger partial charge in [0.2, 0.25) is 0 Å². The smallest absolute Gasteiger partial charge is 0.263 e. The van der Waals surface area contributed by atoms with Gasteiger partial charge in [0.05, 0.1) is 12.4 Å². The van der Waals surface area contributed by atoms with Crippen molar-refractivity contribution in [2.24, 2.45) is 5.92 Å². The lowest BCUT2D eigenvalue weighted by Gasteiger charge is -2.41. The second kappa shape index (κ2) is 9.17. The minimum Gasteiger partial charge on any atom is -0.348 e. The molecule has 2 fully saturated rings. The van der Waals surface area contributed by atoms with Crippen LogP contribution in [-0.4, -0.2) is 53.0 Å². The van der Waals surface area contributed by atoms with E-state index in [0.29, 0.717) is 16.5 Å². The molecule has 2 saturated heterocycles. The zero-order valence-electron chi connectivity index (χ0n) is 16.8. The van der Waals surface area contributed by atoms with E-state index in [9.17, 15) is 9.18 Å². The van der Waals surface area contributed by atoms with Crippen molar-refractivity contribution in [2.45, 2.75) is 45.2 Å². The number of anilines is 1. The Kier molecular flexibility index (Phi) is 6.40. The summed E-state index contributed by atoms with van der Waals surface area (Å²) in [5.74, 6) is 0.174. The maximum Gasteiger partial charge on any atom is 0.263 e. The molecule has 6 nitrogen and oxygen atoms in total. The molecule has 0 spiro atoms. The van der Waals surface area contributed by atoms with Crippen LogP contribution in [0.4, 0.5) is 9.52 Å². The van der Waals surface area contributed by atoms with E-state index in [1.807, 2.05) is 0 Å². The molecule has 8 heteroatoms. The van der Waals surface area contributed by atoms with Crippen molar-refractivity contribution in [1.82, 2.24) is 20.2 Å². The average molecular weight is 418 g/mol. The number of nitrogens with one attached hydrogen (secondary N) is 1. The van der Waals surface area contributed by atoms with Crippen LogP contribution in [0.15, 0.2) is 24.7 Å². The van der Waals surface area contributed by atoms with Crippen LogP contribution in [0.2, 0.25) is 0 Å². The molecule has 1 atom stereocenters. The molecule has 2 aliphatic heterocycles. The van der Waals surface area contributed by atoms with Crippen LogP contribution in [0.1, 0.15) is 47.8 Å². The lowest BCUT2D eigenvalue weighted by molar-refractivity contribution is 0.0954. The van der Waals surface area contributed by atoms with Gasteiger partial charge in [0.25, 0.3) is 5.91 Å². The first kappa shape index (κ1) is 20.2. The van der Waals surface area contributed by atoms with Crippen molar-refractivity contribution < 1.29 is 9.18 Å². The first-order valence-corrected chi connectivity index (χ1v) is 11.2. The fraction of sp³-hybridized carbons (Fsp3) is 0.571. The standard InChI is InChI=1S/C21H28FN5OS/c1-15-3-2-8-27(14-15)17-5-9-26(10-6-17)21-25-13-19(29-21)20(28)24-11-16-4-7-23-12-18(16)22/h4,7,12-13,15,17H,2-3,5-6,8-11,14H2,1H3,(H,24,28)/t15-/m1/s1. The predicted octanol–water partition coefficient (Wildman–Crippen LogP) is 3.31. The van der Waals surface area contributed by atoms with E-state index in [-0.39, 0.29) is 12.5 Å². The molecular formula is C21H28FN5OS. The van der Waals surface area contributed by atoms with Crippen molar-refractivity contribution in [1.29, 1.82) is 0 Å². The molecule has 0 aliphatic carbocycles. The number of hydrogen-bond donors (Lipinski definition) is 1. The van der Waals surface area contributed by atoms with Crippen LogP contribution in [0, 0.1) is 11.7 Å². The summed E-state index contributed by atoms with van der Waals surface area (Å²) in [6.07, 6.45) is 9.26. The van der Waals surface area contributed by atoms with Crippen LogP contribution in [0.5, 0.6) is 0 Å². The van der Waals surface area contributed by atoms with Crippen molar-refractivity contribution in [3.05, 3.63) is 40.9 Å². The first-order valence-electron chi connectivity index (χ1n) is 10.4. The number of aromatic nitrogens is 2. The number of thiazole rings is 1. The quantitative estimate of drug-likeness (QED) is 0.809. The summed E-state index contributed by atoms with van der Waals surface area (Å²) < 4.78 is 13.6. The maximum atomic E-state index is 13.6. The molecule has 0 aromatic carbocycles. The fourth-order valence-electron chi connectivity index (χ4n) is 4.31. The Hall–Kier alpha value is -2.06. The molecule has 0 radical (unpaired) electrons. The minimum absolute atomic E-state index is 0.139. The summed E-state index contributed by atoms with van der Waals surface area (Å²) in [5, 5.41) is 3.66. The first-order chi connectivity index (χ1) is 14.1. The van der Waals surface area contributed by atoms with Gasteiger partial charge in [-0.15, -0.1) is 0 Å². The summed E-state index contributed by atoms with van der Waals surface area (Å²) in [5.41, 5.74) is 0.423. The molecule has 156 valence electrons. The van der Waals surface area contributed by atoms with Crippen molar-refractivity contribution >= 4 is 22.4 Å². The highest BCUT2D eigenvalue weighted by atomic mass is 32.1. The van der Waals surface area contributed by atoms with Gasteiger partial charge >= 0.3 is 0 Å². The molecule has 2 aliphatic rings. The highest BCUT2D eigenvalue weighted by molar-refractivity contribution is 7.17. The molecular weight excluding hydrogens is 389 g/mol. The monoisotopic (exact) mass is 417 g/mol. The highest BCUT2D eigenvalue weighted by Gasteiger charge is 2.28. The number of rotatable bonds is 5. The second-order valence-electron chi connectivity index (χ2n) is 8.12. The number of pyridine rings is 1. The molecule has 2 aromatic rings. The molecule has 0 saturated carbocycles. The van der Waals surface area contributed by atoms with E-state index in [4.69, 9.17) is 0 Å². The van der Waals surface area contributed by atoms with Gasteiger partial charge in [-0.2, -0.15) is 0 Å². The van der Waals surface area contributed by atoms with Crippen LogP contribution >= 0.6 is 11.3 Å². The number of nitrogens with zero attached hydrogens (tertiary/aromatic N) is 4. The Morgan fingerprint density at radius 1 is 1.28 bits per heavy atom. The Labute approximate surface area is 175 Å². The third-order valence-corrected chi connectivity index (χ3v) is 7.01. The summed E-state index contributed by atoms with van der Waals surface area (Å²) >= 11 is 1.41. The number of hydrogen-bond acceptors (Lipinski definition) is 6. The predicted molar refractivity (Wildman–Crippen MR) is 113 cm³/mol. The van der Waals surface area contributed by atoms with E-state index in [1.165, 1.54) is 43.5 Å². The Bertz CT molecular complexity index is 836. The van der Waals surface area contributed by atoms with E-state index in [0.717, 1.165) is 43.2 Å².